The Hall–Kier alpha value is -2.07. The van der Waals surface area contributed by atoms with Gasteiger partial charge in [-0.1, -0.05) is 36.7 Å². The molecular weight excluding hydrogens is 288 g/mol. The molecule has 4 nitrogen and oxygen atoms in total. The van der Waals surface area contributed by atoms with Crippen LogP contribution in [0.5, 0.6) is 5.75 Å². The Kier molecular flexibility index (Phi) is 5.58. The van der Waals surface area contributed by atoms with Crippen LogP contribution >= 0.6 is 11.6 Å². The van der Waals surface area contributed by atoms with Gasteiger partial charge >= 0.3 is 0 Å². The lowest BCUT2D eigenvalue weighted by molar-refractivity contribution is -0.128. The average molecular weight is 305 g/mol. The average Bonchev–Trinajstić information content (AvgIpc) is 2.53. The molecular formula is C16H17ClN2O2. The van der Waals surface area contributed by atoms with E-state index < -0.39 is 6.10 Å². The summed E-state index contributed by atoms with van der Waals surface area (Å²) in [6.07, 6.45) is 3.41. The van der Waals surface area contributed by atoms with Crippen molar-refractivity contribution in [1.82, 2.24) is 10.3 Å². The number of hydrogen-bond donors (Lipinski definition) is 1. The van der Waals surface area contributed by atoms with Gasteiger partial charge in [0.2, 0.25) is 0 Å². The van der Waals surface area contributed by atoms with Crippen LogP contribution < -0.4 is 10.1 Å². The molecule has 1 atom stereocenters. The molecule has 1 heterocycles. The lowest BCUT2D eigenvalue weighted by Crippen LogP contribution is -2.37. The Morgan fingerprint density at radius 3 is 2.81 bits per heavy atom. The lowest BCUT2D eigenvalue weighted by atomic mass is 10.2. The smallest absolute Gasteiger partial charge is 0.261 e. The van der Waals surface area contributed by atoms with Crippen LogP contribution in [0.3, 0.4) is 0 Å². The number of aromatic nitrogens is 1. The first-order valence-electron chi connectivity index (χ1n) is 6.78. The molecule has 0 aliphatic heterocycles. The molecule has 0 fully saturated rings. The zero-order valence-electron chi connectivity index (χ0n) is 11.8. The summed E-state index contributed by atoms with van der Waals surface area (Å²) in [7, 11) is 0. The Morgan fingerprint density at radius 2 is 2.14 bits per heavy atom. The van der Waals surface area contributed by atoms with E-state index in [-0.39, 0.29) is 5.91 Å². The highest BCUT2D eigenvalue weighted by Gasteiger charge is 2.19. The number of pyridine rings is 1. The maximum Gasteiger partial charge on any atom is 0.261 e. The maximum absolute atomic E-state index is 12.2. The van der Waals surface area contributed by atoms with Crippen LogP contribution in [0.15, 0.2) is 48.8 Å². The van der Waals surface area contributed by atoms with Crippen LogP contribution in [-0.2, 0) is 11.3 Å². The number of benzene rings is 1. The highest BCUT2D eigenvalue weighted by atomic mass is 35.5. The first-order chi connectivity index (χ1) is 10.2. The van der Waals surface area contributed by atoms with E-state index in [9.17, 15) is 4.79 Å². The molecule has 0 saturated heterocycles. The van der Waals surface area contributed by atoms with Crippen LogP contribution in [0.1, 0.15) is 18.9 Å². The summed E-state index contributed by atoms with van der Waals surface area (Å²) in [5, 5.41) is 3.34. The SMILES string of the molecule is CCC(Oc1ccccc1Cl)C(=O)NCc1cccnc1. The van der Waals surface area contributed by atoms with Crippen molar-refractivity contribution in [3.63, 3.8) is 0 Å². The maximum atomic E-state index is 12.2. The van der Waals surface area contributed by atoms with Crippen molar-refractivity contribution >= 4 is 17.5 Å². The zero-order valence-corrected chi connectivity index (χ0v) is 12.5. The van der Waals surface area contributed by atoms with Crippen molar-refractivity contribution in [2.75, 3.05) is 0 Å². The minimum absolute atomic E-state index is 0.165. The van der Waals surface area contributed by atoms with Crippen molar-refractivity contribution in [2.24, 2.45) is 0 Å². The van der Waals surface area contributed by atoms with Crippen LogP contribution in [0.4, 0.5) is 0 Å². The van der Waals surface area contributed by atoms with Crippen molar-refractivity contribution in [1.29, 1.82) is 0 Å². The fourth-order valence-corrected chi connectivity index (χ4v) is 2.00. The Morgan fingerprint density at radius 1 is 1.33 bits per heavy atom. The van der Waals surface area contributed by atoms with Gasteiger partial charge in [-0.25, -0.2) is 0 Å². The zero-order chi connectivity index (χ0) is 15.1. The first kappa shape index (κ1) is 15.3. The summed E-state index contributed by atoms with van der Waals surface area (Å²) in [4.78, 5) is 16.2. The highest BCUT2D eigenvalue weighted by molar-refractivity contribution is 6.32. The minimum Gasteiger partial charge on any atom is -0.479 e. The monoisotopic (exact) mass is 304 g/mol. The van der Waals surface area contributed by atoms with Crippen molar-refractivity contribution in [2.45, 2.75) is 26.0 Å². The molecule has 1 aromatic heterocycles. The van der Waals surface area contributed by atoms with Crippen LogP contribution in [0.25, 0.3) is 0 Å². The van der Waals surface area contributed by atoms with E-state index in [2.05, 4.69) is 10.3 Å². The Bertz CT molecular complexity index is 590. The van der Waals surface area contributed by atoms with Gasteiger partial charge in [-0.3, -0.25) is 9.78 Å². The van der Waals surface area contributed by atoms with E-state index >= 15 is 0 Å². The summed E-state index contributed by atoms with van der Waals surface area (Å²) < 4.78 is 5.69. The van der Waals surface area contributed by atoms with Gasteiger partial charge in [-0.2, -0.15) is 0 Å². The number of carbonyl (C=O) groups excluding carboxylic acids is 1. The van der Waals surface area contributed by atoms with E-state index in [4.69, 9.17) is 16.3 Å². The van der Waals surface area contributed by atoms with Crippen molar-refractivity contribution < 1.29 is 9.53 Å². The fourth-order valence-electron chi connectivity index (χ4n) is 1.82. The molecule has 5 heteroatoms. The number of ether oxygens (including phenoxy) is 1. The summed E-state index contributed by atoms with van der Waals surface area (Å²) >= 11 is 6.04. The van der Waals surface area contributed by atoms with Gasteiger partial charge in [-0.05, 0) is 30.2 Å². The summed E-state index contributed by atoms with van der Waals surface area (Å²) in [5.41, 5.74) is 0.943. The normalized spacial score (nSPS) is 11.7. The second-order valence-electron chi connectivity index (χ2n) is 4.52. The number of amides is 1. The lowest BCUT2D eigenvalue weighted by Gasteiger charge is -2.18. The van der Waals surface area contributed by atoms with E-state index in [0.717, 1.165) is 5.56 Å². The minimum atomic E-state index is -0.568. The van der Waals surface area contributed by atoms with E-state index in [1.807, 2.05) is 31.2 Å². The number of carbonyl (C=O) groups is 1. The summed E-state index contributed by atoms with van der Waals surface area (Å²) in [5.74, 6) is 0.351. The van der Waals surface area contributed by atoms with Gasteiger partial charge in [0, 0.05) is 18.9 Å². The van der Waals surface area contributed by atoms with E-state index in [1.165, 1.54) is 0 Å². The molecule has 0 aliphatic carbocycles. The Labute approximate surface area is 129 Å². The summed E-state index contributed by atoms with van der Waals surface area (Å²) in [6, 6.07) is 10.9. The molecule has 2 aromatic rings. The van der Waals surface area contributed by atoms with Crippen LogP contribution in [0.2, 0.25) is 5.02 Å². The molecule has 1 amide bonds. The molecule has 0 aliphatic rings. The standard InChI is InChI=1S/C16H17ClN2O2/c1-2-14(21-15-8-4-3-7-13(15)17)16(20)19-11-12-6-5-9-18-10-12/h3-10,14H,2,11H2,1H3,(H,19,20). The van der Waals surface area contributed by atoms with Gasteiger partial charge in [0.15, 0.2) is 6.10 Å². The first-order valence-corrected chi connectivity index (χ1v) is 7.16. The molecule has 110 valence electrons. The van der Waals surface area contributed by atoms with Gasteiger partial charge < -0.3 is 10.1 Å². The number of nitrogens with zero attached hydrogens (tertiary/aromatic N) is 1. The van der Waals surface area contributed by atoms with Crippen LogP contribution in [-0.4, -0.2) is 17.0 Å². The topological polar surface area (TPSA) is 51.2 Å². The molecule has 0 spiro atoms. The quantitative estimate of drug-likeness (QED) is 0.891. The number of hydrogen-bond acceptors (Lipinski definition) is 3. The number of para-hydroxylation sites is 1. The molecule has 0 saturated carbocycles. The second kappa shape index (κ2) is 7.64. The molecule has 2 rings (SSSR count). The van der Waals surface area contributed by atoms with Gasteiger partial charge in [0.1, 0.15) is 5.75 Å². The molecule has 21 heavy (non-hydrogen) atoms. The molecule has 0 radical (unpaired) electrons. The highest BCUT2D eigenvalue weighted by Crippen LogP contribution is 2.24. The van der Waals surface area contributed by atoms with Gasteiger partial charge in [0.25, 0.3) is 5.91 Å². The fraction of sp³-hybridized carbons (Fsp3) is 0.250. The van der Waals surface area contributed by atoms with Crippen molar-refractivity contribution in [3.05, 3.63) is 59.4 Å². The Balaban J connectivity index is 1.94. The number of halogens is 1. The third kappa shape index (κ3) is 4.46. The van der Waals surface area contributed by atoms with E-state index in [0.29, 0.717) is 23.7 Å². The van der Waals surface area contributed by atoms with Crippen molar-refractivity contribution in [3.8, 4) is 5.75 Å². The molecule has 1 unspecified atom stereocenters. The predicted octanol–water partition coefficient (Wildman–Crippen LogP) is 3.21. The summed E-state index contributed by atoms with van der Waals surface area (Å²) in [6.45, 7) is 2.32. The third-order valence-electron chi connectivity index (χ3n) is 2.96. The predicted molar refractivity (Wildman–Crippen MR) is 82.2 cm³/mol. The molecule has 1 N–H and O–H groups in total. The number of rotatable bonds is 6. The third-order valence-corrected chi connectivity index (χ3v) is 3.27. The van der Waals surface area contributed by atoms with E-state index in [1.54, 1.807) is 24.5 Å². The largest absolute Gasteiger partial charge is 0.479 e. The molecule has 1 aromatic carbocycles. The molecule has 0 bridgehead atoms. The van der Waals surface area contributed by atoms with Gasteiger partial charge in [-0.15, -0.1) is 0 Å². The second-order valence-corrected chi connectivity index (χ2v) is 4.93. The number of nitrogens with one attached hydrogen (secondary N) is 1. The van der Waals surface area contributed by atoms with Crippen LogP contribution in [0, 0.1) is 0 Å². The van der Waals surface area contributed by atoms with Gasteiger partial charge in [0.05, 0.1) is 5.02 Å².